The molecule has 3 aromatic rings. The lowest BCUT2D eigenvalue weighted by molar-refractivity contribution is -0.384. The van der Waals surface area contributed by atoms with Crippen molar-refractivity contribution in [3.63, 3.8) is 0 Å². The molecule has 2 N–H and O–H groups in total. The Labute approximate surface area is 208 Å². The monoisotopic (exact) mass is 489 g/mol. The molecule has 1 aromatic heterocycles. The molecule has 36 heavy (non-hydrogen) atoms. The van der Waals surface area contributed by atoms with Gasteiger partial charge >= 0.3 is 5.97 Å². The van der Waals surface area contributed by atoms with Crippen LogP contribution in [-0.2, 0) is 17.9 Å². The number of allylic oxidation sites excluding steroid dienone is 3. The van der Waals surface area contributed by atoms with Crippen LogP contribution in [-0.4, -0.2) is 37.6 Å². The molecule has 0 saturated heterocycles. The number of dihydropyridines is 1. The lowest BCUT2D eigenvalue weighted by Crippen LogP contribution is -2.27. The van der Waals surface area contributed by atoms with Gasteiger partial charge in [-0.3, -0.25) is 15.0 Å². The molecule has 0 bridgehead atoms. The highest BCUT2D eigenvalue weighted by Crippen LogP contribution is 2.43. The van der Waals surface area contributed by atoms with Gasteiger partial charge in [-0.1, -0.05) is 54.5 Å². The largest absolute Gasteiger partial charge is 0.478 e. The lowest BCUT2D eigenvalue weighted by atomic mass is 9.80. The number of nitrogens with one attached hydrogen (secondary N) is 1. The van der Waals surface area contributed by atoms with Gasteiger partial charge < -0.3 is 14.9 Å². The standard InChI is InChI=1S/C26H27N5O5/c1-4-30(14-18-9-6-5-7-10-18)15-21-28-25(36-29-21)22-16(2)27-17(3)23(26(32)33)24(22)19-11-8-12-20(13-19)31(34)35/h5-13,24,27H,4,14-15H2,1-3H3,(H,32,33). The number of carbonyl (C=O) groups is 1. The van der Waals surface area contributed by atoms with Crippen molar-refractivity contribution < 1.29 is 19.3 Å². The number of nitrogens with zero attached hydrogens (tertiary/aromatic N) is 4. The molecule has 1 unspecified atom stereocenters. The molecular weight excluding hydrogens is 462 g/mol. The van der Waals surface area contributed by atoms with Gasteiger partial charge in [0.15, 0.2) is 5.82 Å². The van der Waals surface area contributed by atoms with Crippen LogP contribution in [0.1, 0.15) is 49.5 Å². The van der Waals surface area contributed by atoms with E-state index in [2.05, 4.69) is 32.5 Å². The molecule has 2 aromatic carbocycles. The van der Waals surface area contributed by atoms with Crippen LogP contribution in [0.15, 0.2) is 76.1 Å². The van der Waals surface area contributed by atoms with Crippen molar-refractivity contribution >= 4 is 17.2 Å². The number of benzene rings is 2. The Hall–Kier alpha value is -4.31. The minimum Gasteiger partial charge on any atom is -0.478 e. The Morgan fingerprint density at radius 1 is 1.14 bits per heavy atom. The van der Waals surface area contributed by atoms with Gasteiger partial charge in [0.25, 0.3) is 11.6 Å². The molecule has 10 heteroatoms. The highest BCUT2D eigenvalue weighted by Gasteiger charge is 2.37. The first-order chi connectivity index (χ1) is 17.3. The van der Waals surface area contributed by atoms with E-state index in [1.807, 2.05) is 25.1 Å². The van der Waals surface area contributed by atoms with Crippen molar-refractivity contribution in [3.8, 4) is 0 Å². The van der Waals surface area contributed by atoms with E-state index < -0.39 is 16.8 Å². The molecule has 2 heterocycles. The van der Waals surface area contributed by atoms with Gasteiger partial charge in [0.2, 0.25) is 0 Å². The Kier molecular flexibility index (Phi) is 7.25. The minimum atomic E-state index is -1.14. The molecule has 0 saturated carbocycles. The second kappa shape index (κ2) is 10.5. The van der Waals surface area contributed by atoms with Crippen molar-refractivity contribution in [2.45, 2.75) is 39.8 Å². The zero-order valence-electron chi connectivity index (χ0n) is 20.3. The van der Waals surface area contributed by atoms with Gasteiger partial charge in [-0.25, -0.2) is 4.79 Å². The first-order valence-corrected chi connectivity index (χ1v) is 11.5. The van der Waals surface area contributed by atoms with Crippen molar-refractivity contribution in [1.82, 2.24) is 20.4 Å². The zero-order valence-corrected chi connectivity index (χ0v) is 20.3. The van der Waals surface area contributed by atoms with E-state index in [-0.39, 0.29) is 17.2 Å². The number of carboxylic acid groups (broad SMARTS) is 1. The predicted molar refractivity (Wildman–Crippen MR) is 132 cm³/mol. The quantitative estimate of drug-likeness (QED) is 0.329. The van der Waals surface area contributed by atoms with Crippen LogP contribution in [0.3, 0.4) is 0 Å². The van der Waals surface area contributed by atoms with E-state index in [9.17, 15) is 20.0 Å². The molecule has 186 valence electrons. The van der Waals surface area contributed by atoms with Gasteiger partial charge in [-0.2, -0.15) is 4.98 Å². The molecule has 0 fully saturated rings. The highest BCUT2D eigenvalue weighted by molar-refractivity contribution is 5.95. The number of hydrogen-bond donors (Lipinski definition) is 2. The third-order valence-corrected chi connectivity index (χ3v) is 6.16. The number of non-ortho nitro benzene ring substituents is 1. The second-order valence-corrected chi connectivity index (χ2v) is 8.60. The normalized spacial score (nSPS) is 15.8. The van der Waals surface area contributed by atoms with Gasteiger partial charge in [0, 0.05) is 35.6 Å². The summed E-state index contributed by atoms with van der Waals surface area (Å²) < 4.78 is 5.63. The van der Waals surface area contributed by atoms with Crippen LogP contribution in [0.5, 0.6) is 0 Å². The van der Waals surface area contributed by atoms with Crippen LogP contribution in [0.4, 0.5) is 5.69 Å². The number of carboxylic acids is 1. The number of nitro groups is 1. The fourth-order valence-electron chi connectivity index (χ4n) is 4.46. The van der Waals surface area contributed by atoms with Gasteiger partial charge in [0.05, 0.1) is 23.0 Å². The van der Waals surface area contributed by atoms with E-state index in [1.165, 1.54) is 12.1 Å². The first kappa shape index (κ1) is 24.8. The lowest BCUT2D eigenvalue weighted by Gasteiger charge is -2.29. The van der Waals surface area contributed by atoms with E-state index in [4.69, 9.17) is 4.52 Å². The summed E-state index contributed by atoms with van der Waals surface area (Å²) in [6.45, 7) is 7.42. The molecule has 0 spiro atoms. The van der Waals surface area contributed by atoms with Crippen LogP contribution < -0.4 is 5.32 Å². The minimum absolute atomic E-state index is 0.0649. The van der Waals surface area contributed by atoms with Crippen LogP contribution in [0, 0.1) is 10.1 Å². The van der Waals surface area contributed by atoms with Gasteiger partial charge in [-0.15, -0.1) is 0 Å². The summed E-state index contributed by atoms with van der Waals surface area (Å²) in [6, 6.07) is 16.0. The maximum absolute atomic E-state index is 12.3. The summed E-state index contributed by atoms with van der Waals surface area (Å²) in [5.41, 5.74) is 3.11. The van der Waals surface area contributed by atoms with Crippen LogP contribution in [0.25, 0.3) is 5.57 Å². The number of hydrogen-bond acceptors (Lipinski definition) is 8. The number of aromatic nitrogens is 2. The summed E-state index contributed by atoms with van der Waals surface area (Å²) in [5, 5.41) is 28.7. The van der Waals surface area contributed by atoms with Gasteiger partial charge in [-0.05, 0) is 31.5 Å². The summed E-state index contributed by atoms with van der Waals surface area (Å²) in [5.74, 6) is -1.33. The fourth-order valence-corrected chi connectivity index (χ4v) is 4.46. The summed E-state index contributed by atoms with van der Waals surface area (Å²) in [4.78, 5) is 29.9. The molecule has 1 aliphatic rings. The van der Waals surface area contributed by atoms with E-state index >= 15 is 0 Å². The summed E-state index contributed by atoms with van der Waals surface area (Å²) >= 11 is 0. The molecule has 0 amide bonds. The van der Waals surface area contributed by atoms with Gasteiger partial charge in [0.1, 0.15) is 0 Å². The predicted octanol–water partition coefficient (Wildman–Crippen LogP) is 4.48. The third-order valence-electron chi connectivity index (χ3n) is 6.16. The topological polar surface area (TPSA) is 135 Å². The smallest absolute Gasteiger partial charge is 0.334 e. The van der Waals surface area contributed by atoms with Crippen molar-refractivity contribution in [2.24, 2.45) is 0 Å². The Bertz CT molecular complexity index is 1350. The van der Waals surface area contributed by atoms with Crippen molar-refractivity contribution in [3.05, 3.63) is 105 Å². The highest BCUT2D eigenvalue weighted by atomic mass is 16.6. The Balaban J connectivity index is 1.70. The Morgan fingerprint density at radius 3 is 2.56 bits per heavy atom. The SMILES string of the molecule is CCN(Cc1ccccc1)Cc1noc(C2=C(C)NC(C)=C(C(=O)O)C2c2cccc([N+](=O)[O-])c2)n1. The summed E-state index contributed by atoms with van der Waals surface area (Å²) in [7, 11) is 0. The van der Waals surface area contributed by atoms with E-state index in [1.54, 1.807) is 26.0 Å². The second-order valence-electron chi connectivity index (χ2n) is 8.60. The number of nitro benzene ring substituents is 1. The zero-order chi connectivity index (χ0) is 25.8. The fraction of sp³-hybridized carbons (Fsp3) is 0.269. The van der Waals surface area contributed by atoms with Crippen molar-refractivity contribution in [1.29, 1.82) is 0 Å². The maximum Gasteiger partial charge on any atom is 0.334 e. The van der Waals surface area contributed by atoms with Crippen LogP contribution in [0.2, 0.25) is 0 Å². The number of rotatable bonds is 9. The Morgan fingerprint density at radius 2 is 1.89 bits per heavy atom. The third kappa shape index (κ3) is 5.18. The van der Waals surface area contributed by atoms with Crippen molar-refractivity contribution in [2.75, 3.05) is 6.54 Å². The maximum atomic E-state index is 12.3. The van der Waals surface area contributed by atoms with E-state index in [0.717, 1.165) is 12.1 Å². The molecule has 10 nitrogen and oxygen atoms in total. The molecule has 0 aliphatic carbocycles. The first-order valence-electron chi connectivity index (χ1n) is 11.5. The van der Waals surface area contributed by atoms with Crippen LogP contribution >= 0.6 is 0 Å². The molecule has 1 aliphatic heterocycles. The molecule has 4 rings (SSSR count). The van der Waals surface area contributed by atoms with E-state index in [0.29, 0.717) is 41.4 Å². The summed E-state index contributed by atoms with van der Waals surface area (Å²) in [6.07, 6.45) is 0. The average Bonchev–Trinajstić information content (AvgIpc) is 3.31. The average molecular weight is 490 g/mol. The molecule has 0 radical (unpaired) electrons. The molecular formula is C26H27N5O5. The molecule has 1 atom stereocenters. The number of aliphatic carboxylic acids is 1.